The molecule has 1 aromatic rings. The van der Waals surface area contributed by atoms with Gasteiger partial charge in [-0.3, -0.25) is 10.1 Å². The van der Waals surface area contributed by atoms with Crippen LogP contribution in [0.1, 0.15) is 5.56 Å². The first-order chi connectivity index (χ1) is 6.50. The predicted molar refractivity (Wildman–Crippen MR) is 55.1 cm³/mol. The summed E-state index contributed by atoms with van der Waals surface area (Å²) >= 11 is 0. The number of hydrogen-bond donors (Lipinski definition) is 1. The van der Waals surface area contributed by atoms with E-state index in [-0.39, 0.29) is 10.6 Å². The third-order valence-corrected chi connectivity index (χ3v) is 1.75. The lowest BCUT2D eigenvalue weighted by atomic mass is 10.2. The van der Waals surface area contributed by atoms with Gasteiger partial charge in [-0.15, -0.1) is 0 Å². The third kappa shape index (κ3) is 2.43. The fraction of sp³-hybridized carbons (Fsp3) is 0.333. The Kier molecular flexibility index (Phi) is 3.03. The Bertz CT molecular complexity index is 350. The van der Waals surface area contributed by atoms with Crippen molar-refractivity contribution in [1.82, 2.24) is 5.01 Å². The van der Waals surface area contributed by atoms with E-state index in [4.69, 9.17) is 0 Å². The lowest BCUT2D eigenvalue weighted by Crippen LogP contribution is -2.19. The minimum Gasteiger partial charge on any atom is -0.319 e. The lowest BCUT2D eigenvalue weighted by molar-refractivity contribution is -0.385. The van der Waals surface area contributed by atoms with Gasteiger partial charge in [0, 0.05) is 31.4 Å². The zero-order valence-electron chi connectivity index (χ0n) is 8.44. The number of nitro groups is 1. The Morgan fingerprint density at radius 2 is 2.07 bits per heavy atom. The van der Waals surface area contributed by atoms with E-state index in [9.17, 15) is 10.1 Å². The van der Waals surface area contributed by atoms with Gasteiger partial charge in [-0.25, -0.2) is 5.01 Å². The Balaban J connectivity index is 2.94. The average Bonchev–Trinajstić information content (AvgIpc) is 2.01. The van der Waals surface area contributed by atoms with Crippen molar-refractivity contribution >= 4 is 11.4 Å². The second-order valence-corrected chi connectivity index (χ2v) is 3.26. The van der Waals surface area contributed by atoms with Gasteiger partial charge in [-0.2, -0.15) is 0 Å². The monoisotopic (exact) mass is 195 g/mol. The third-order valence-electron chi connectivity index (χ3n) is 1.75. The van der Waals surface area contributed by atoms with E-state index >= 15 is 0 Å². The first-order valence-corrected chi connectivity index (χ1v) is 4.19. The van der Waals surface area contributed by atoms with Crippen molar-refractivity contribution in [2.45, 2.75) is 6.92 Å². The summed E-state index contributed by atoms with van der Waals surface area (Å²) in [5.41, 5.74) is 4.67. The fourth-order valence-corrected chi connectivity index (χ4v) is 1.19. The van der Waals surface area contributed by atoms with Crippen LogP contribution in [0.3, 0.4) is 0 Å². The molecule has 5 heteroatoms. The topological polar surface area (TPSA) is 58.4 Å². The summed E-state index contributed by atoms with van der Waals surface area (Å²) in [5, 5.41) is 12.3. The van der Waals surface area contributed by atoms with Crippen LogP contribution in [0, 0.1) is 17.0 Å². The SMILES string of the molecule is Cc1cc(NN(C)C)ccc1[N+](=O)[O-]. The van der Waals surface area contributed by atoms with Gasteiger partial charge in [0.05, 0.1) is 4.92 Å². The minimum absolute atomic E-state index is 0.148. The van der Waals surface area contributed by atoms with Gasteiger partial charge in [-0.05, 0) is 19.1 Å². The quantitative estimate of drug-likeness (QED) is 0.590. The number of benzene rings is 1. The Labute approximate surface area is 82.5 Å². The van der Waals surface area contributed by atoms with Gasteiger partial charge in [0.25, 0.3) is 5.69 Å². The van der Waals surface area contributed by atoms with Gasteiger partial charge in [0.1, 0.15) is 0 Å². The molecule has 1 N–H and O–H groups in total. The van der Waals surface area contributed by atoms with Crippen LogP contribution in [0.15, 0.2) is 18.2 Å². The van der Waals surface area contributed by atoms with Crippen LogP contribution >= 0.6 is 0 Å². The molecule has 0 saturated carbocycles. The summed E-state index contributed by atoms with van der Waals surface area (Å²) in [6, 6.07) is 4.93. The van der Waals surface area contributed by atoms with Crippen molar-refractivity contribution < 1.29 is 4.92 Å². The molecule has 0 spiro atoms. The molecule has 0 amide bonds. The second kappa shape index (κ2) is 4.06. The highest BCUT2D eigenvalue weighted by atomic mass is 16.6. The molecule has 0 unspecified atom stereocenters. The number of nitrogens with one attached hydrogen (secondary N) is 1. The molecule has 0 heterocycles. The molecule has 0 aliphatic rings. The molecule has 0 aliphatic carbocycles. The molecule has 0 bridgehead atoms. The van der Waals surface area contributed by atoms with E-state index < -0.39 is 0 Å². The standard InChI is InChI=1S/C9H13N3O2/c1-7-6-8(10-11(2)3)4-5-9(7)12(13)14/h4-6,10H,1-3H3. The Hall–Kier alpha value is -1.62. The molecule has 76 valence electrons. The molecular formula is C9H13N3O2. The van der Waals surface area contributed by atoms with Crippen LogP contribution in [-0.2, 0) is 0 Å². The molecule has 0 fully saturated rings. The zero-order valence-corrected chi connectivity index (χ0v) is 8.44. The summed E-state index contributed by atoms with van der Waals surface area (Å²) < 4.78 is 0. The highest BCUT2D eigenvalue weighted by molar-refractivity contribution is 5.52. The van der Waals surface area contributed by atoms with Crippen LogP contribution in [-0.4, -0.2) is 24.0 Å². The van der Waals surface area contributed by atoms with Crippen molar-refractivity contribution in [2.24, 2.45) is 0 Å². The number of aryl methyl sites for hydroxylation is 1. The Morgan fingerprint density at radius 1 is 1.43 bits per heavy atom. The van der Waals surface area contributed by atoms with Crippen LogP contribution < -0.4 is 5.43 Å². The number of hydrogen-bond acceptors (Lipinski definition) is 4. The largest absolute Gasteiger partial charge is 0.319 e. The van der Waals surface area contributed by atoms with Crippen molar-refractivity contribution in [3.63, 3.8) is 0 Å². The average molecular weight is 195 g/mol. The maximum Gasteiger partial charge on any atom is 0.272 e. The van der Waals surface area contributed by atoms with Crippen LogP contribution in [0.5, 0.6) is 0 Å². The van der Waals surface area contributed by atoms with E-state index in [2.05, 4.69) is 5.43 Å². The van der Waals surface area contributed by atoms with Gasteiger partial charge < -0.3 is 5.43 Å². The first-order valence-electron chi connectivity index (χ1n) is 4.19. The lowest BCUT2D eigenvalue weighted by Gasteiger charge is -2.13. The maximum absolute atomic E-state index is 10.5. The van der Waals surface area contributed by atoms with E-state index in [0.29, 0.717) is 5.56 Å². The molecular weight excluding hydrogens is 182 g/mol. The van der Waals surface area contributed by atoms with Crippen molar-refractivity contribution in [3.05, 3.63) is 33.9 Å². The summed E-state index contributed by atoms with van der Waals surface area (Å²) in [4.78, 5) is 10.1. The smallest absolute Gasteiger partial charge is 0.272 e. The number of rotatable bonds is 3. The fourth-order valence-electron chi connectivity index (χ4n) is 1.19. The second-order valence-electron chi connectivity index (χ2n) is 3.26. The molecule has 5 nitrogen and oxygen atoms in total. The molecule has 0 aromatic heterocycles. The number of nitrogens with zero attached hydrogens (tertiary/aromatic N) is 2. The van der Waals surface area contributed by atoms with Crippen molar-refractivity contribution in [3.8, 4) is 0 Å². The summed E-state index contributed by atoms with van der Waals surface area (Å²) in [6.07, 6.45) is 0. The van der Waals surface area contributed by atoms with Gasteiger partial charge in [-0.1, -0.05) is 0 Å². The molecule has 0 radical (unpaired) electrons. The molecule has 1 aromatic carbocycles. The van der Waals surface area contributed by atoms with E-state index in [0.717, 1.165) is 5.69 Å². The van der Waals surface area contributed by atoms with Crippen molar-refractivity contribution in [2.75, 3.05) is 19.5 Å². The molecule has 1 rings (SSSR count). The number of anilines is 1. The van der Waals surface area contributed by atoms with Crippen LogP contribution in [0.25, 0.3) is 0 Å². The summed E-state index contributed by atoms with van der Waals surface area (Å²) in [7, 11) is 3.72. The highest BCUT2D eigenvalue weighted by Gasteiger charge is 2.09. The number of hydrazine groups is 1. The van der Waals surface area contributed by atoms with Crippen LogP contribution in [0.4, 0.5) is 11.4 Å². The maximum atomic E-state index is 10.5. The first kappa shape index (κ1) is 10.5. The molecule has 0 atom stereocenters. The molecule has 0 aliphatic heterocycles. The molecule has 14 heavy (non-hydrogen) atoms. The van der Waals surface area contributed by atoms with E-state index in [1.807, 2.05) is 14.1 Å². The summed E-state index contributed by atoms with van der Waals surface area (Å²) in [5.74, 6) is 0. The van der Waals surface area contributed by atoms with Crippen molar-refractivity contribution in [1.29, 1.82) is 0 Å². The zero-order chi connectivity index (χ0) is 10.7. The van der Waals surface area contributed by atoms with Crippen LogP contribution in [0.2, 0.25) is 0 Å². The normalized spacial score (nSPS) is 10.3. The summed E-state index contributed by atoms with van der Waals surface area (Å²) in [6.45, 7) is 1.72. The van der Waals surface area contributed by atoms with E-state index in [1.54, 1.807) is 24.1 Å². The minimum atomic E-state index is -0.380. The van der Waals surface area contributed by atoms with E-state index in [1.165, 1.54) is 6.07 Å². The molecule has 0 saturated heterocycles. The highest BCUT2D eigenvalue weighted by Crippen LogP contribution is 2.21. The van der Waals surface area contributed by atoms with Gasteiger partial charge in [0.15, 0.2) is 0 Å². The number of nitro benzene ring substituents is 1. The van der Waals surface area contributed by atoms with Gasteiger partial charge in [0.2, 0.25) is 0 Å². The van der Waals surface area contributed by atoms with Gasteiger partial charge >= 0.3 is 0 Å². The Morgan fingerprint density at radius 3 is 2.50 bits per heavy atom. The predicted octanol–water partition coefficient (Wildman–Crippen LogP) is 1.79.